The summed E-state index contributed by atoms with van der Waals surface area (Å²) in [5.74, 6) is -3.71. The summed E-state index contributed by atoms with van der Waals surface area (Å²) < 4.78 is 58.2. The van der Waals surface area contributed by atoms with Crippen LogP contribution in [-0.4, -0.2) is 67.2 Å². The lowest BCUT2D eigenvalue weighted by Crippen LogP contribution is -2.55. The molecule has 3 amide bonds. The van der Waals surface area contributed by atoms with Gasteiger partial charge in [-0.25, -0.2) is 4.39 Å². The van der Waals surface area contributed by atoms with Gasteiger partial charge in [0.05, 0.1) is 18.8 Å². The third-order valence-corrected chi connectivity index (χ3v) is 4.74. The van der Waals surface area contributed by atoms with Gasteiger partial charge >= 0.3 is 6.18 Å². The molecule has 0 bridgehead atoms. The SMILES string of the molecule is NC(=O)[C@H](C(=O)Nc1ccc(N2CCOCC2=O)cc1F)N(CC(F)(F)F)C1CC1. The van der Waals surface area contributed by atoms with Gasteiger partial charge in [0.25, 0.3) is 11.8 Å². The van der Waals surface area contributed by atoms with Crippen molar-refractivity contribution < 1.29 is 36.7 Å². The monoisotopic (exact) mass is 432 g/mol. The molecule has 8 nitrogen and oxygen atoms in total. The fraction of sp³-hybridized carbons (Fsp3) is 0.500. The predicted molar refractivity (Wildman–Crippen MR) is 97.0 cm³/mol. The Labute approximate surface area is 168 Å². The third-order valence-electron chi connectivity index (χ3n) is 4.74. The van der Waals surface area contributed by atoms with Gasteiger partial charge in [0.1, 0.15) is 12.4 Å². The first-order valence-electron chi connectivity index (χ1n) is 9.17. The number of hydrogen-bond donors (Lipinski definition) is 2. The number of rotatable bonds is 7. The molecule has 1 aliphatic carbocycles. The first-order chi connectivity index (χ1) is 14.1. The molecule has 2 aliphatic rings. The summed E-state index contributed by atoms with van der Waals surface area (Å²) in [5, 5.41) is 2.13. The number of amides is 3. The molecule has 30 heavy (non-hydrogen) atoms. The molecule has 0 unspecified atom stereocenters. The maximum Gasteiger partial charge on any atom is 0.401 e. The number of anilines is 2. The summed E-state index contributed by atoms with van der Waals surface area (Å²) in [6.45, 7) is -1.13. The molecule has 1 heterocycles. The van der Waals surface area contributed by atoms with Crippen molar-refractivity contribution >= 4 is 29.1 Å². The number of ether oxygens (including phenoxy) is 1. The van der Waals surface area contributed by atoms with E-state index < -0.39 is 42.4 Å². The van der Waals surface area contributed by atoms with Gasteiger partial charge in [-0.3, -0.25) is 19.3 Å². The second-order valence-electron chi connectivity index (χ2n) is 7.07. The van der Waals surface area contributed by atoms with Crippen LogP contribution in [0.1, 0.15) is 12.8 Å². The van der Waals surface area contributed by atoms with Crippen molar-refractivity contribution in [2.24, 2.45) is 5.73 Å². The van der Waals surface area contributed by atoms with Crippen molar-refractivity contribution in [3.8, 4) is 0 Å². The van der Waals surface area contributed by atoms with E-state index in [0.29, 0.717) is 17.7 Å². The Morgan fingerprint density at radius 3 is 2.57 bits per heavy atom. The van der Waals surface area contributed by atoms with Crippen LogP contribution in [0.25, 0.3) is 0 Å². The van der Waals surface area contributed by atoms with Gasteiger partial charge < -0.3 is 20.7 Å². The predicted octanol–water partition coefficient (Wildman–Crippen LogP) is 1.01. The number of hydrogen-bond acceptors (Lipinski definition) is 5. The average Bonchev–Trinajstić information content (AvgIpc) is 3.47. The molecular weight excluding hydrogens is 412 g/mol. The van der Waals surface area contributed by atoms with Crippen LogP contribution in [0.4, 0.5) is 28.9 Å². The molecule has 0 aromatic heterocycles. The Balaban J connectivity index is 1.77. The van der Waals surface area contributed by atoms with Crippen molar-refractivity contribution in [3.63, 3.8) is 0 Å². The van der Waals surface area contributed by atoms with E-state index in [9.17, 15) is 31.9 Å². The number of alkyl halides is 3. The van der Waals surface area contributed by atoms with Gasteiger partial charge in [-0.1, -0.05) is 0 Å². The molecule has 1 saturated heterocycles. The number of morpholine rings is 1. The Bertz CT molecular complexity index is 844. The zero-order valence-electron chi connectivity index (χ0n) is 15.7. The number of nitrogens with zero attached hydrogens (tertiary/aromatic N) is 2. The van der Waals surface area contributed by atoms with Gasteiger partial charge in [-0.2, -0.15) is 13.2 Å². The molecular formula is C18H20F4N4O4. The van der Waals surface area contributed by atoms with E-state index >= 15 is 0 Å². The van der Waals surface area contributed by atoms with Gasteiger partial charge in [-0.15, -0.1) is 0 Å². The van der Waals surface area contributed by atoms with Crippen molar-refractivity contribution in [2.75, 3.05) is 36.5 Å². The van der Waals surface area contributed by atoms with E-state index in [1.165, 1.54) is 11.0 Å². The standard InChI is InChI=1S/C18H20F4N4O4/c19-12-7-11(25-5-6-30-8-14(25)27)3-4-13(12)24-17(29)15(16(23)28)26(10-1-2-10)9-18(20,21)22/h3-4,7,10,15H,1-2,5-6,8-9H2,(H2,23,28)(H,24,29)/t15-/m1/s1. The summed E-state index contributed by atoms with van der Waals surface area (Å²) in [5.41, 5.74) is 5.08. The molecule has 1 aliphatic heterocycles. The lowest BCUT2D eigenvalue weighted by atomic mass is 10.1. The van der Waals surface area contributed by atoms with Crippen LogP contribution in [0.15, 0.2) is 18.2 Å². The molecule has 0 radical (unpaired) electrons. The quantitative estimate of drug-likeness (QED) is 0.494. The Morgan fingerprint density at radius 1 is 1.33 bits per heavy atom. The Hall–Kier alpha value is -2.73. The van der Waals surface area contributed by atoms with Crippen molar-refractivity contribution in [1.29, 1.82) is 0 Å². The number of carbonyl (C=O) groups excluding carboxylic acids is 3. The highest BCUT2D eigenvalue weighted by Gasteiger charge is 2.46. The van der Waals surface area contributed by atoms with Crippen LogP contribution < -0.4 is 16.0 Å². The lowest BCUT2D eigenvalue weighted by Gasteiger charge is -2.29. The number of primary amides is 1. The minimum Gasteiger partial charge on any atom is -0.370 e. The topological polar surface area (TPSA) is 105 Å². The second kappa shape index (κ2) is 8.56. The fourth-order valence-corrected chi connectivity index (χ4v) is 3.25. The van der Waals surface area contributed by atoms with E-state index in [-0.39, 0.29) is 37.0 Å². The summed E-state index contributed by atoms with van der Waals surface area (Å²) >= 11 is 0. The van der Waals surface area contributed by atoms with Gasteiger partial charge in [0.15, 0.2) is 6.04 Å². The van der Waals surface area contributed by atoms with E-state index in [4.69, 9.17) is 10.5 Å². The summed E-state index contributed by atoms with van der Waals surface area (Å²) in [7, 11) is 0. The maximum absolute atomic E-state index is 14.5. The van der Waals surface area contributed by atoms with E-state index in [0.717, 1.165) is 12.1 Å². The fourth-order valence-electron chi connectivity index (χ4n) is 3.25. The maximum atomic E-state index is 14.5. The average molecular weight is 432 g/mol. The molecule has 0 spiro atoms. The van der Waals surface area contributed by atoms with Crippen LogP contribution in [-0.2, 0) is 19.1 Å². The zero-order valence-corrected chi connectivity index (χ0v) is 15.7. The highest BCUT2D eigenvalue weighted by Crippen LogP contribution is 2.32. The summed E-state index contributed by atoms with van der Waals surface area (Å²) in [6.07, 6.45) is -3.86. The van der Waals surface area contributed by atoms with Crippen LogP contribution in [0, 0.1) is 5.82 Å². The van der Waals surface area contributed by atoms with E-state index in [2.05, 4.69) is 5.32 Å². The number of nitrogens with two attached hydrogens (primary N) is 1. The molecule has 1 atom stereocenters. The normalized spacial score (nSPS) is 18.4. The minimum absolute atomic E-state index is 0.142. The number of benzene rings is 1. The van der Waals surface area contributed by atoms with Crippen LogP contribution >= 0.6 is 0 Å². The van der Waals surface area contributed by atoms with E-state index in [1.807, 2.05) is 0 Å². The van der Waals surface area contributed by atoms with Crippen molar-refractivity contribution in [1.82, 2.24) is 4.90 Å². The lowest BCUT2D eigenvalue weighted by molar-refractivity contribution is -0.158. The second-order valence-corrected chi connectivity index (χ2v) is 7.07. The van der Waals surface area contributed by atoms with Crippen molar-refractivity contribution in [3.05, 3.63) is 24.0 Å². The Morgan fingerprint density at radius 2 is 2.03 bits per heavy atom. The zero-order chi connectivity index (χ0) is 22.1. The number of carbonyl (C=O) groups is 3. The van der Waals surface area contributed by atoms with Gasteiger partial charge in [0, 0.05) is 18.3 Å². The summed E-state index contributed by atoms with van der Waals surface area (Å²) in [6, 6.07) is 1.03. The highest BCUT2D eigenvalue weighted by atomic mass is 19.4. The first kappa shape index (κ1) is 22.0. The Kier molecular flexibility index (Phi) is 6.27. The number of nitrogens with one attached hydrogen (secondary N) is 1. The minimum atomic E-state index is -4.64. The molecule has 1 aromatic rings. The first-order valence-corrected chi connectivity index (χ1v) is 9.17. The molecule has 1 saturated carbocycles. The summed E-state index contributed by atoms with van der Waals surface area (Å²) in [4.78, 5) is 38.2. The van der Waals surface area contributed by atoms with E-state index in [1.54, 1.807) is 0 Å². The molecule has 12 heteroatoms. The molecule has 3 N–H and O–H groups in total. The van der Waals surface area contributed by atoms with Crippen LogP contribution in [0.2, 0.25) is 0 Å². The molecule has 1 aromatic carbocycles. The van der Waals surface area contributed by atoms with Gasteiger partial charge in [-0.05, 0) is 31.0 Å². The van der Waals surface area contributed by atoms with Crippen molar-refractivity contribution in [2.45, 2.75) is 31.1 Å². The largest absolute Gasteiger partial charge is 0.401 e. The number of halogens is 4. The highest BCUT2D eigenvalue weighted by molar-refractivity contribution is 6.09. The third kappa shape index (κ3) is 5.25. The van der Waals surface area contributed by atoms with Crippen LogP contribution in [0.3, 0.4) is 0 Å². The van der Waals surface area contributed by atoms with Gasteiger partial charge in [0.2, 0.25) is 5.91 Å². The molecule has 3 rings (SSSR count). The molecule has 2 fully saturated rings. The molecule has 164 valence electrons. The smallest absolute Gasteiger partial charge is 0.370 e. The van der Waals surface area contributed by atoms with Crippen LogP contribution in [0.5, 0.6) is 0 Å².